The zero-order valence-electron chi connectivity index (χ0n) is 18.3. The molecule has 0 aromatic heterocycles. The molecule has 5 nitrogen and oxygen atoms in total. The number of hydrogen-bond acceptors (Lipinski definition) is 3. The lowest BCUT2D eigenvalue weighted by atomic mass is 10.1. The molecule has 0 heterocycles. The van der Waals surface area contributed by atoms with Gasteiger partial charge in [0, 0.05) is 0 Å². The van der Waals surface area contributed by atoms with Crippen LogP contribution in [0.1, 0.15) is 35.2 Å². The van der Waals surface area contributed by atoms with Gasteiger partial charge in [0.15, 0.2) is 0 Å². The van der Waals surface area contributed by atoms with Crippen LogP contribution in [0.15, 0.2) is 77.7 Å². The fourth-order valence-corrected chi connectivity index (χ4v) is 4.86. The molecule has 3 aromatic rings. The predicted molar refractivity (Wildman–Crippen MR) is 125 cm³/mol. The summed E-state index contributed by atoms with van der Waals surface area (Å²) < 4.78 is 28.3. The van der Waals surface area contributed by atoms with Crippen LogP contribution in [0, 0.1) is 20.8 Å². The number of nitrogens with zero attached hydrogens (tertiary/aromatic N) is 1. The van der Waals surface area contributed by atoms with Gasteiger partial charge in [-0.1, -0.05) is 60.2 Å². The topological polar surface area (TPSA) is 66.5 Å². The summed E-state index contributed by atoms with van der Waals surface area (Å²) in [5, 5.41) is 2.92. The summed E-state index contributed by atoms with van der Waals surface area (Å²) in [6.07, 6.45) is 0. The number of carbonyl (C=O) groups is 1. The van der Waals surface area contributed by atoms with Crippen molar-refractivity contribution < 1.29 is 13.2 Å². The fraction of sp³-hybridized carbons (Fsp3) is 0.240. The number of hydrogen-bond donors (Lipinski definition) is 1. The molecule has 3 rings (SSSR count). The van der Waals surface area contributed by atoms with E-state index >= 15 is 0 Å². The van der Waals surface area contributed by atoms with Gasteiger partial charge in [-0.25, -0.2) is 8.42 Å². The molecular formula is C25H28N2O3S. The molecule has 0 saturated heterocycles. The van der Waals surface area contributed by atoms with Crippen LogP contribution in [0.2, 0.25) is 0 Å². The zero-order chi connectivity index (χ0) is 22.6. The number of carbonyl (C=O) groups excluding carboxylic acids is 1. The highest BCUT2D eigenvalue weighted by atomic mass is 32.2. The predicted octanol–water partition coefficient (Wildman–Crippen LogP) is 4.68. The zero-order valence-corrected chi connectivity index (χ0v) is 19.1. The van der Waals surface area contributed by atoms with Gasteiger partial charge in [0.1, 0.15) is 6.54 Å². The average Bonchev–Trinajstić information content (AvgIpc) is 2.75. The number of anilines is 1. The Hall–Kier alpha value is -3.12. The van der Waals surface area contributed by atoms with Crippen molar-refractivity contribution in [3.63, 3.8) is 0 Å². The molecule has 1 amide bonds. The monoisotopic (exact) mass is 436 g/mol. The third-order valence-corrected chi connectivity index (χ3v) is 7.19. The third kappa shape index (κ3) is 5.14. The first-order chi connectivity index (χ1) is 14.7. The van der Waals surface area contributed by atoms with Crippen molar-refractivity contribution in [3.05, 3.63) is 95.1 Å². The van der Waals surface area contributed by atoms with Crippen LogP contribution >= 0.6 is 0 Å². The number of sulfonamides is 1. The molecule has 0 fully saturated rings. The van der Waals surface area contributed by atoms with Crippen molar-refractivity contribution >= 4 is 21.6 Å². The van der Waals surface area contributed by atoms with Crippen LogP contribution in [0.3, 0.4) is 0 Å². The maximum Gasteiger partial charge on any atom is 0.264 e. The molecule has 0 aliphatic rings. The van der Waals surface area contributed by atoms with E-state index in [0.29, 0.717) is 5.69 Å². The first-order valence-electron chi connectivity index (χ1n) is 10.2. The van der Waals surface area contributed by atoms with Gasteiger partial charge in [0.25, 0.3) is 10.0 Å². The van der Waals surface area contributed by atoms with Gasteiger partial charge in [-0.2, -0.15) is 0 Å². The molecule has 6 heteroatoms. The number of benzene rings is 3. The van der Waals surface area contributed by atoms with Crippen molar-refractivity contribution in [3.8, 4) is 0 Å². The summed E-state index contributed by atoms with van der Waals surface area (Å²) in [6.45, 7) is 7.26. The van der Waals surface area contributed by atoms with Crippen LogP contribution in [0.5, 0.6) is 0 Å². The molecule has 0 saturated carbocycles. The molecule has 0 radical (unpaired) electrons. The van der Waals surface area contributed by atoms with E-state index in [0.717, 1.165) is 22.3 Å². The maximum absolute atomic E-state index is 13.5. The van der Waals surface area contributed by atoms with E-state index in [-0.39, 0.29) is 23.4 Å². The maximum atomic E-state index is 13.5. The molecule has 31 heavy (non-hydrogen) atoms. The molecule has 3 aromatic carbocycles. The number of rotatable bonds is 7. The van der Waals surface area contributed by atoms with Crippen molar-refractivity contribution in [2.75, 3.05) is 10.8 Å². The van der Waals surface area contributed by atoms with Crippen LogP contribution in [-0.2, 0) is 14.8 Å². The summed E-state index contributed by atoms with van der Waals surface area (Å²) >= 11 is 0. The molecule has 1 N–H and O–H groups in total. The van der Waals surface area contributed by atoms with Crippen molar-refractivity contribution in [2.24, 2.45) is 0 Å². The Morgan fingerprint density at radius 1 is 0.903 bits per heavy atom. The Bertz CT molecular complexity index is 1160. The minimum atomic E-state index is -3.93. The van der Waals surface area contributed by atoms with Crippen LogP contribution in [0.25, 0.3) is 0 Å². The van der Waals surface area contributed by atoms with Gasteiger partial charge >= 0.3 is 0 Å². The van der Waals surface area contributed by atoms with E-state index in [9.17, 15) is 13.2 Å². The van der Waals surface area contributed by atoms with Crippen molar-refractivity contribution in [2.45, 2.75) is 38.6 Å². The van der Waals surface area contributed by atoms with E-state index in [1.54, 1.807) is 36.4 Å². The smallest absolute Gasteiger partial charge is 0.264 e. The molecule has 0 aliphatic carbocycles. The first-order valence-corrected chi connectivity index (χ1v) is 11.6. The Balaban J connectivity index is 1.95. The second-order valence-corrected chi connectivity index (χ2v) is 9.61. The molecule has 1 atom stereocenters. The summed E-state index contributed by atoms with van der Waals surface area (Å²) in [5.74, 6) is -0.368. The van der Waals surface area contributed by atoms with Crippen molar-refractivity contribution in [1.29, 1.82) is 0 Å². The highest BCUT2D eigenvalue weighted by Crippen LogP contribution is 2.28. The third-order valence-electron chi connectivity index (χ3n) is 5.42. The minimum absolute atomic E-state index is 0.155. The van der Waals surface area contributed by atoms with Gasteiger partial charge in [0.2, 0.25) is 5.91 Å². The lowest BCUT2D eigenvalue weighted by Gasteiger charge is -2.27. The molecule has 0 unspecified atom stereocenters. The van der Waals surface area contributed by atoms with E-state index in [4.69, 9.17) is 0 Å². The van der Waals surface area contributed by atoms with Crippen LogP contribution in [0.4, 0.5) is 5.69 Å². The molecule has 0 spiro atoms. The van der Waals surface area contributed by atoms with E-state index in [1.807, 2.05) is 64.1 Å². The number of aryl methyl sites for hydroxylation is 2. The SMILES string of the molecule is Cc1ccc(S(=O)(=O)N(CC(=O)N[C@H](C)c2ccccc2)c2cccc(C)c2C)cc1. The van der Waals surface area contributed by atoms with Gasteiger partial charge in [-0.05, 0) is 62.6 Å². The second-order valence-electron chi connectivity index (χ2n) is 7.74. The number of amides is 1. The fourth-order valence-electron chi connectivity index (χ4n) is 3.39. The summed E-state index contributed by atoms with van der Waals surface area (Å²) in [7, 11) is -3.93. The van der Waals surface area contributed by atoms with Crippen LogP contribution in [-0.4, -0.2) is 20.9 Å². The summed E-state index contributed by atoms with van der Waals surface area (Å²) in [5.41, 5.74) is 4.20. The quantitative estimate of drug-likeness (QED) is 0.585. The van der Waals surface area contributed by atoms with Gasteiger partial charge in [-0.3, -0.25) is 9.10 Å². The minimum Gasteiger partial charge on any atom is -0.348 e. The van der Waals surface area contributed by atoms with Gasteiger partial charge in [-0.15, -0.1) is 0 Å². The van der Waals surface area contributed by atoms with Gasteiger partial charge < -0.3 is 5.32 Å². The van der Waals surface area contributed by atoms with E-state index < -0.39 is 10.0 Å². The summed E-state index contributed by atoms with van der Waals surface area (Å²) in [6, 6.07) is 21.5. The highest BCUT2D eigenvalue weighted by Gasteiger charge is 2.29. The van der Waals surface area contributed by atoms with Crippen LogP contribution < -0.4 is 9.62 Å². The summed E-state index contributed by atoms with van der Waals surface area (Å²) in [4.78, 5) is 13.1. The molecule has 0 bridgehead atoms. The Kier molecular flexibility index (Phi) is 6.81. The average molecular weight is 437 g/mol. The largest absolute Gasteiger partial charge is 0.348 e. The van der Waals surface area contributed by atoms with E-state index in [1.165, 1.54) is 4.31 Å². The Morgan fingerprint density at radius 2 is 1.55 bits per heavy atom. The standard InChI is InChI=1S/C25H28N2O3S/c1-18-13-15-23(16-14-18)31(29,30)27(24-12-8-9-19(2)20(24)3)17-25(28)26-21(4)22-10-6-5-7-11-22/h5-16,21H,17H2,1-4H3,(H,26,28)/t21-/m1/s1. The van der Waals surface area contributed by atoms with Crippen molar-refractivity contribution in [1.82, 2.24) is 5.32 Å². The van der Waals surface area contributed by atoms with E-state index in [2.05, 4.69) is 5.32 Å². The lowest BCUT2D eigenvalue weighted by molar-refractivity contribution is -0.120. The Morgan fingerprint density at radius 3 is 2.19 bits per heavy atom. The number of nitrogens with one attached hydrogen (secondary N) is 1. The van der Waals surface area contributed by atoms with Gasteiger partial charge in [0.05, 0.1) is 16.6 Å². The molecule has 0 aliphatic heterocycles. The molecular weight excluding hydrogens is 408 g/mol. The Labute approximate surface area is 184 Å². The first kappa shape index (κ1) is 22.6. The normalized spacial score (nSPS) is 12.3. The second kappa shape index (κ2) is 9.35. The lowest BCUT2D eigenvalue weighted by Crippen LogP contribution is -2.42. The highest BCUT2D eigenvalue weighted by molar-refractivity contribution is 7.92. The molecule has 162 valence electrons.